The lowest BCUT2D eigenvalue weighted by molar-refractivity contribution is -0.142. The van der Waals surface area contributed by atoms with Gasteiger partial charge < -0.3 is 10.8 Å². The van der Waals surface area contributed by atoms with Gasteiger partial charge in [0, 0.05) is 5.92 Å². The number of hydrogen-bond acceptors (Lipinski definition) is 2. The molecule has 0 aromatic rings. The Bertz CT molecular complexity index is 268. The zero-order valence-electron chi connectivity index (χ0n) is 7.24. The van der Waals surface area contributed by atoms with Gasteiger partial charge in [-0.2, -0.15) is 0 Å². The molecule has 0 saturated carbocycles. The SMILES string of the molecule is CC1=CC(C)C(N)(C(=O)O)C=C1. The van der Waals surface area contributed by atoms with Crippen LogP contribution in [0.2, 0.25) is 0 Å². The molecule has 0 heterocycles. The Morgan fingerprint density at radius 1 is 1.75 bits per heavy atom. The van der Waals surface area contributed by atoms with Gasteiger partial charge >= 0.3 is 5.97 Å². The third kappa shape index (κ3) is 1.28. The van der Waals surface area contributed by atoms with Gasteiger partial charge in [-0.05, 0) is 6.92 Å². The van der Waals surface area contributed by atoms with E-state index in [1.54, 1.807) is 19.1 Å². The first-order valence-electron chi connectivity index (χ1n) is 3.87. The van der Waals surface area contributed by atoms with Crippen LogP contribution in [0.15, 0.2) is 23.8 Å². The average molecular weight is 167 g/mol. The van der Waals surface area contributed by atoms with Crippen LogP contribution in [0, 0.1) is 5.92 Å². The molecule has 3 N–H and O–H groups in total. The van der Waals surface area contributed by atoms with Gasteiger partial charge in [0.15, 0.2) is 0 Å². The van der Waals surface area contributed by atoms with Crippen molar-refractivity contribution in [3.05, 3.63) is 23.8 Å². The number of aliphatic carboxylic acids is 1. The molecule has 0 aliphatic heterocycles. The van der Waals surface area contributed by atoms with E-state index in [0.29, 0.717) is 0 Å². The molecule has 1 aliphatic rings. The summed E-state index contributed by atoms with van der Waals surface area (Å²) >= 11 is 0. The van der Waals surface area contributed by atoms with Crippen LogP contribution in [0.25, 0.3) is 0 Å². The first-order valence-corrected chi connectivity index (χ1v) is 3.87. The second kappa shape index (κ2) is 2.75. The van der Waals surface area contributed by atoms with Crippen molar-refractivity contribution >= 4 is 5.97 Å². The highest BCUT2D eigenvalue weighted by Crippen LogP contribution is 2.24. The fourth-order valence-electron chi connectivity index (χ4n) is 1.27. The van der Waals surface area contributed by atoms with E-state index >= 15 is 0 Å². The third-order valence-corrected chi connectivity index (χ3v) is 2.26. The maximum atomic E-state index is 10.8. The van der Waals surface area contributed by atoms with Crippen molar-refractivity contribution < 1.29 is 9.90 Å². The summed E-state index contributed by atoms with van der Waals surface area (Å²) in [5.74, 6) is -1.13. The van der Waals surface area contributed by atoms with E-state index in [1.165, 1.54) is 0 Å². The van der Waals surface area contributed by atoms with Gasteiger partial charge in [-0.15, -0.1) is 0 Å². The fraction of sp³-hybridized carbons (Fsp3) is 0.444. The van der Waals surface area contributed by atoms with E-state index in [2.05, 4.69) is 0 Å². The molecule has 0 spiro atoms. The fourth-order valence-corrected chi connectivity index (χ4v) is 1.27. The summed E-state index contributed by atoms with van der Waals surface area (Å²) < 4.78 is 0. The normalized spacial score (nSPS) is 34.6. The molecule has 1 rings (SSSR count). The molecule has 0 amide bonds. The van der Waals surface area contributed by atoms with Crippen molar-refractivity contribution in [2.75, 3.05) is 0 Å². The highest BCUT2D eigenvalue weighted by Gasteiger charge is 2.37. The number of carboxylic acids is 1. The average Bonchev–Trinajstić information content (AvgIpc) is 1.97. The van der Waals surface area contributed by atoms with Crippen LogP contribution in [-0.4, -0.2) is 16.6 Å². The standard InChI is InChI=1S/C9H13NO2/c1-6-3-4-9(10,8(11)12)7(2)5-6/h3-5,7H,10H2,1-2H3,(H,11,12). The lowest BCUT2D eigenvalue weighted by Gasteiger charge is -2.29. The number of rotatable bonds is 1. The Hall–Kier alpha value is -1.09. The van der Waals surface area contributed by atoms with E-state index in [9.17, 15) is 4.79 Å². The Labute approximate surface area is 71.6 Å². The van der Waals surface area contributed by atoms with Crippen LogP contribution in [0.5, 0.6) is 0 Å². The molecule has 0 saturated heterocycles. The zero-order chi connectivity index (χ0) is 9.35. The predicted molar refractivity (Wildman–Crippen MR) is 46.6 cm³/mol. The minimum absolute atomic E-state index is 0.153. The molecule has 0 aromatic heterocycles. The monoisotopic (exact) mass is 167 g/mol. The van der Waals surface area contributed by atoms with Gasteiger partial charge in [-0.25, -0.2) is 4.79 Å². The molecule has 12 heavy (non-hydrogen) atoms. The van der Waals surface area contributed by atoms with E-state index in [-0.39, 0.29) is 5.92 Å². The molecule has 2 atom stereocenters. The minimum Gasteiger partial charge on any atom is -0.480 e. The number of allylic oxidation sites excluding steroid dienone is 2. The van der Waals surface area contributed by atoms with Crippen molar-refractivity contribution in [2.24, 2.45) is 11.7 Å². The molecular weight excluding hydrogens is 154 g/mol. The van der Waals surface area contributed by atoms with Gasteiger partial charge in [0.2, 0.25) is 0 Å². The Morgan fingerprint density at radius 2 is 2.33 bits per heavy atom. The first kappa shape index (κ1) is 9.00. The van der Waals surface area contributed by atoms with Crippen LogP contribution in [0.3, 0.4) is 0 Å². The minimum atomic E-state index is -1.22. The van der Waals surface area contributed by atoms with Crippen molar-refractivity contribution in [2.45, 2.75) is 19.4 Å². The van der Waals surface area contributed by atoms with Crippen molar-refractivity contribution in [3.63, 3.8) is 0 Å². The Kier molecular flexibility index (Phi) is 2.06. The van der Waals surface area contributed by atoms with Crippen LogP contribution in [-0.2, 0) is 4.79 Å². The van der Waals surface area contributed by atoms with Crippen molar-refractivity contribution in [1.29, 1.82) is 0 Å². The molecule has 3 nitrogen and oxygen atoms in total. The van der Waals surface area contributed by atoms with Crippen molar-refractivity contribution in [1.82, 2.24) is 0 Å². The van der Waals surface area contributed by atoms with Gasteiger partial charge in [0.05, 0.1) is 0 Å². The lowest BCUT2D eigenvalue weighted by Crippen LogP contribution is -2.51. The summed E-state index contributed by atoms with van der Waals surface area (Å²) in [5, 5.41) is 8.85. The second-order valence-electron chi connectivity index (χ2n) is 3.27. The molecular formula is C9H13NO2. The maximum Gasteiger partial charge on any atom is 0.328 e. The quantitative estimate of drug-likeness (QED) is 0.610. The summed E-state index contributed by atoms with van der Waals surface area (Å²) in [7, 11) is 0. The van der Waals surface area contributed by atoms with E-state index in [4.69, 9.17) is 10.8 Å². The van der Waals surface area contributed by atoms with Crippen LogP contribution < -0.4 is 5.73 Å². The van der Waals surface area contributed by atoms with Crippen molar-refractivity contribution in [3.8, 4) is 0 Å². The number of nitrogens with two attached hydrogens (primary N) is 1. The zero-order valence-corrected chi connectivity index (χ0v) is 7.24. The molecule has 0 bridgehead atoms. The Balaban J connectivity index is 2.99. The largest absolute Gasteiger partial charge is 0.480 e. The lowest BCUT2D eigenvalue weighted by atomic mass is 9.81. The van der Waals surface area contributed by atoms with Crippen LogP contribution >= 0.6 is 0 Å². The summed E-state index contributed by atoms with van der Waals surface area (Å²) in [5.41, 5.74) is 5.51. The van der Waals surface area contributed by atoms with Crippen LogP contribution in [0.1, 0.15) is 13.8 Å². The summed E-state index contributed by atoms with van der Waals surface area (Å²) in [6.07, 6.45) is 5.16. The summed E-state index contributed by atoms with van der Waals surface area (Å²) in [6.45, 7) is 3.73. The molecule has 0 radical (unpaired) electrons. The molecule has 0 fully saturated rings. The molecule has 66 valence electrons. The Morgan fingerprint density at radius 3 is 2.75 bits per heavy atom. The maximum absolute atomic E-state index is 10.8. The topological polar surface area (TPSA) is 63.3 Å². The number of carbonyl (C=O) groups is 1. The summed E-state index contributed by atoms with van der Waals surface area (Å²) in [4.78, 5) is 10.8. The smallest absolute Gasteiger partial charge is 0.328 e. The molecule has 2 unspecified atom stereocenters. The summed E-state index contributed by atoms with van der Waals surface area (Å²) in [6, 6.07) is 0. The van der Waals surface area contributed by atoms with Gasteiger partial charge in [0.25, 0.3) is 0 Å². The molecule has 0 aromatic carbocycles. The van der Waals surface area contributed by atoms with Gasteiger partial charge in [-0.1, -0.05) is 30.7 Å². The second-order valence-corrected chi connectivity index (χ2v) is 3.27. The third-order valence-electron chi connectivity index (χ3n) is 2.26. The van der Waals surface area contributed by atoms with Gasteiger partial charge in [0.1, 0.15) is 5.54 Å². The molecule has 3 heteroatoms. The van der Waals surface area contributed by atoms with E-state index in [0.717, 1.165) is 5.57 Å². The predicted octanol–water partition coefficient (Wildman–Crippen LogP) is 0.921. The molecule has 1 aliphatic carbocycles. The number of hydrogen-bond donors (Lipinski definition) is 2. The first-order chi connectivity index (χ1) is 5.47. The highest BCUT2D eigenvalue weighted by molar-refractivity contribution is 5.82. The number of carboxylic acid groups (broad SMARTS) is 1. The van der Waals surface area contributed by atoms with E-state index in [1.807, 2.05) is 13.0 Å². The highest BCUT2D eigenvalue weighted by atomic mass is 16.4. The van der Waals surface area contributed by atoms with E-state index < -0.39 is 11.5 Å². The van der Waals surface area contributed by atoms with Gasteiger partial charge in [-0.3, -0.25) is 0 Å². The van der Waals surface area contributed by atoms with Crippen LogP contribution in [0.4, 0.5) is 0 Å².